The number of benzene rings is 3. The minimum absolute atomic E-state index is 0.0776. The summed E-state index contributed by atoms with van der Waals surface area (Å²) in [5.74, 6) is -1.28. The second kappa shape index (κ2) is 10.6. The van der Waals surface area contributed by atoms with E-state index in [9.17, 15) is 20.0 Å². The molecule has 35 heavy (non-hydrogen) atoms. The SMILES string of the molecule is O=C(O)CCNC(=O)c1ccc(Cn2nccc2-c2cccc(-c3cccc(N(O)O)c3)c2)cc1. The zero-order valence-corrected chi connectivity index (χ0v) is 18.7. The number of hydrogen-bond acceptors (Lipinski definition) is 6. The van der Waals surface area contributed by atoms with Crippen LogP contribution < -0.4 is 10.5 Å². The Bertz CT molecular complexity index is 1330. The van der Waals surface area contributed by atoms with E-state index < -0.39 is 5.97 Å². The molecule has 0 spiro atoms. The third-order valence-electron chi connectivity index (χ3n) is 5.46. The van der Waals surface area contributed by atoms with Crippen LogP contribution in [-0.4, -0.2) is 43.7 Å². The Hall–Kier alpha value is -4.47. The summed E-state index contributed by atoms with van der Waals surface area (Å²) in [6, 6.07) is 23.8. The van der Waals surface area contributed by atoms with Crippen molar-refractivity contribution in [1.82, 2.24) is 15.1 Å². The molecule has 1 amide bonds. The number of aromatic nitrogens is 2. The van der Waals surface area contributed by atoms with Crippen molar-refractivity contribution in [3.8, 4) is 22.4 Å². The highest BCUT2D eigenvalue weighted by Gasteiger charge is 2.10. The van der Waals surface area contributed by atoms with Crippen molar-refractivity contribution in [2.45, 2.75) is 13.0 Å². The number of nitrogens with one attached hydrogen (secondary N) is 1. The Morgan fingerprint density at radius 2 is 1.57 bits per heavy atom. The topological polar surface area (TPSA) is 128 Å². The van der Waals surface area contributed by atoms with Crippen molar-refractivity contribution in [3.63, 3.8) is 0 Å². The largest absolute Gasteiger partial charge is 0.481 e. The lowest BCUT2D eigenvalue weighted by atomic mass is 10.0. The Morgan fingerprint density at radius 1 is 0.886 bits per heavy atom. The normalized spacial score (nSPS) is 10.7. The highest BCUT2D eigenvalue weighted by Crippen LogP contribution is 2.28. The van der Waals surface area contributed by atoms with Gasteiger partial charge in [0.1, 0.15) is 0 Å². The van der Waals surface area contributed by atoms with Gasteiger partial charge in [-0.3, -0.25) is 24.7 Å². The van der Waals surface area contributed by atoms with E-state index in [0.717, 1.165) is 27.9 Å². The van der Waals surface area contributed by atoms with E-state index in [-0.39, 0.29) is 29.8 Å². The van der Waals surface area contributed by atoms with E-state index in [0.29, 0.717) is 12.1 Å². The lowest BCUT2D eigenvalue weighted by molar-refractivity contribution is -0.136. The van der Waals surface area contributed by atoms with Gasteiger partial charge in [0.05, 0.1) is 24.3 Å². The number of nitrogens with zero attached hydrogens (tertiary/aromatic N) is 3. The number of carboxylic acids is 1. The van der Waals surface area contributed by atoms with Crippen LogP contribution in [0, 0.1) is 0 Å². The smallest absolute Gasteiger partial charge is 0.305 e. The zero-order chi connectivity index (χ0) is 24.8. The maximum atomic E-state index is 12.1. The quantitative estimate of drug-likeness (QED) is 0.271. The van der Waals surface area contributed by atoms with Crippen molar-refractivity contribution in [1.29, 1.82) is 0 Å². The summed E-state index contributed by atoms with van der Waals surface area (Å²) in [4.78, 5) is 22.7. The number of carbonyl (C=O) groups is 2. The van der Waals surface area contributed by atoms with Gasteiger partial charge in [-0.1, -0.05) is 42.5 Å². The molecule has 3 aromatic carbocycles. The molecule has 4 aromatic rings. The first-order valence-electron chi connectivity index (χ1n) is 10.9. The molecule has 178 valence electrons. The predicted molar refractivity (Wildman–Crippen MR) is 129 cm³/mol. The molecule has 0 unspecified atom stereocenters. The number of amides is 1. The van der Waals surface area contributed by atoms with Crippen molar-refractivity contribution < 1.29 is 25.1 Å². The summed E-state index contributed by atoms with van der Waals surface area (Å²) in [6.45, 7) is 0.571. The monoisotopic (exact) mass is 472 g/mol. The highest BCUT2D eigenvalue weighted by atomic mass is 16.8. The standard InChI is InChI=1S/C26H24N4O5/c31-25(32)12-13-27-26(33)19-9-7-18(8-10-19)17-29-24(11-14-28-29)22-5-1-3-20(15-22)21-4-2-6-23(16-21)30(34)35/h1-11,14-16,34-35H,12-13,17H2,(H,27,33)(H,31,32). The molecule has 0 bridgehead atoms. The van der Waals surface area contributed by atoms with Gasteiger partial charge in [-0.05, 0) is 53.1 Å². The van der Waals surface area contributed by atoms with Crippen LogP contribution in [0.1, 0.15) is 22.3 Å². The van der Waals surface area contributed by atoms with Gasteiger partial charge in [-0.25, -0.2) is 0 Å². The fourth-order valence-corrected chi connectivity index (χ4v) is 3.69. The van der Waals surface area contributed by atoms with Gasteiger partial charge in [-0.15, -0.1) is 5.23 Å². The summed E-state index contributed by atoms with van der Waals surface area (Å²) < 4.78 is 1.86. The van der Waals surface area contributed by atoms with Crippen LogP contribution in [0.3, 0.4) is 0 Å². The number of rotatable bonds is 9. The molecule has 0 aliphatic carbocycles. The molecule has 0 fully saturated rings. The number of anilines is 1. The molecule has 0 aliphatic heterocycles. The average Bonchev–Trinajstić information content (AvgIpc) is 3.32. The molecule has 9 nitrogen and oxygen atoms in total. The van der Waals surface area contributed by atoms with Crippen molar-refractivity contribution in [3.05, 3.63) is 96.2 Å². The molecule has 4 rings (SSSR count). The van der Waals surface area contributed by atoms with Gasteiger partial charge in [-0.2, -0.15) is 5.10 Å². The fourth-order valence-electron chi connectivity index (χ4n) is 3.69. The number of aliphatic carboxylic acids is 1. The number of carboxylic acid groups (broad SMARTS) is 1. The predicted octanol–water partition coefficient (Wildman–Crippen LogP) is 4.05. The molecule has 0 radical (unpaired) electrons. The Balaban J connectivity index is 1.50. The van der Waals surface area contributed by atoms with E-state index in [4.69, 9.17) is 5.11 Å². The van der Waals surface area contributed by atoms with Gasteiger partial charge >= 0.3 is 5.97 Å². The highest BCUT2D eigenvalue weighted by molar-refractivity contribution is 5.94. The Morgan fingerprint density at radius 3 is 2.29 bits per heavy atom. The Labute approximate surface area is 201 Å². The van der Waals surface area contributed by atoms with Gasteiger partial charge in [0.25, 0.3) is 5.91 Å². The molecule has 0 saturated carbocycles. The van der Waals surface area contributed by atoms with Gasteiger partial charge in [0.2, 0.25) is 0 Å². The van der Waals surface area contributed by atoms with E-state index in [1.807, 2.05) is 53.2 Å². The summed E-state index contributed by atoms with van der Waals surface area (Å²) in [5, 5.41) is 34.4. The first-order chi connectivity index (χ1) is 16.9. The maximum Gasteiger partial charge on any atom is 0.305 e. The minimum atomic E-state index is -0.961. The van der Waals surface area contributed by atoms with Crippen LogP contribution >= 0.6 is 0 Å². The molecule has 4 N–H and O–H groups in total. The van der Waals surface area contributed by atoms with Crippen molar-refractivity contribution in [2.24, 2.45) is 0 Å². The third kappa shape index (κ3) is 5.91. The van der Waals surface area contributed by atoms with Crippen molar-refractivity contribution >= 4 is 17.6 Å². The minimum Gasteiger partial charge on any atom is -0.481 e. The first-order valence-corrected chi connectivity index (χ1v) is 10.9. The van der Waals surface area contributed by atoms with Crippen LogP contribution in [0.25, 0.3) is 22.4 Å². The molecule has 1 aromatic heterocycles. The van der Waals surface area contributed by atoms with Gasteiger partial charge in [0.15, 0.2) is 0 Å². The maximum absolute atomic E-state index is 12.1. The summed E-state index contributed by atoms with van der Waals surface area (Å²) in [5.41, 5.74) is 5.27. The Kier molecular flexibility index (Phi) is 7.20. The van der Waals surface area contributed by atoms with Crippen LogP contribution in [0.4, 0.5) is 5.69 Å². The molecule has 0 saturated heterocycles. The number of hydrogen-bond donors (Lipinski definition) is 4. The van der Waals surface area contributed by atoms with E-state index in [1.165, 1.54) is 0 Å². The number of carbonyl (C=O) groups excluding carboxylic acids is 1. The van der Waals surface area contributed by atoms with Crippen LogP contribution in [0.5, 0.6) is 0 Å². The molecule has 0 atom stereocenters. The lowest BCUT2D eigenvalue weighted by Crippen LogP contribution is -2.25. The molecule has 1 heterocycles. The van der Waals surface area contributed by atoms with Crippen LogP contribution in [0.2, 0.25) is 0 Å². The molecule has 0 aliphatic rings. The summed E-state index contributed by atoms with van der Waals surface area (Å²) in [7, 11) is 0. The second-order valence-electron chi connectivity index (χ2n) is 7.89. The first kappa shape index (κ1) is 23.7. The fraction of sp³-hybridized carbons (Fsp3) is 0.115. The average molecular weight is 473 g/mol. The van der Waals surface area contributed by atoms with E-state index >= 15 is 0 Å². The van der Waals surface area contributed by atoms with E-state index in [2.05, 4.69) is 10.4 Å². The summed E-state index contributed by atoms with van der Waals surface area (Å²) >= 11 is 0. The van der Waals surface area contributed by atoms with Crippen LogP contribution in [-0.2, 0) is 11.3 Å². The third-order valence-corrected chi connectivity index (χ3v) is 5.46. The lowest BCUT2D eigenvalue weighted by Gasteiger charge is -2.12. The van der Waals surface area contributed by atoms with Gasteiger partial charge < -0.3 is 10.4 Å². The zero-order valence-electron chi connectivity index (χ0n) is 18.7. The molecule has 9 heteroatoms. The molecular formula is C26H24N4O5. The second-order valence-corrected chi connectivity index (χ2v) is 7.89. The van der Waals surface area contributed by atoms with Gasteiger partial charge in [0, 0.05) is 23.9 Å². The summed E-state index contributed by atoms with van der Waals surface area (Å²) in [6.07, 6.45) is 1.60. The van der Waals surface area contributed by atoms with E-state index in [1.54, 1.807) is 36.5 Å². The molecular weight excluding hydrogens is 448 g/mol. The van der Waals surface area contributed by atoms with Crippen molar-refractivity contribution in [2.75, 3.05) is 11.8 Å². The van der Waals surface area contributed by atoms with Crippen LogP contribution in [0.15, 0.2) is 85.1 Å².